The van der Waals surface area contributed by atoms with E-state index in [1.54, 1.807) is 0 Å². The van der Waals surface area contributed by atoms with Crippen LogP contribution in [-0.2, 0) is 4.79 Å². The topological polar surface area (TPSA) is 49.3 Å². The number of carbonyl (C=O) groups excluding carboxylic acids is 1. The van der Waals surface area contributed by atoms with Crippen LogP contribution >= 0.6 is 0 Å². The fourth-order valence-corrected chi connectivity index (χ4v) is 4.67. The van der Waals surface area contributed by atoms with E-state index in [1.807, 2.05) is 6.08 Å². The summed E-state index contributed by atoms with van der Waals surface area (Å²) in [6.07, 6.45) is 35.2. The van der Waals surface area contributed by atoms with Gasteiger partial charge in [-0.3, -0.25) is 4.79 Å². The number of allylic oxidation sites excluding steroid dienone is 1. The summed E-state index contributed by atoms with van der Waals surface area (Å²) in [4.78, 5) is 12.0. The van der Waals surface area contributed by atoms with Crippen molar-refractivity contribution in [2.45, 2.75) is 180 Å². The van der Waals surface area contributed by atoms with Crippen LogP contribution in [0.15, 0.2) is 12.2 Å². The van der Waals surface area contributed by atoms with Gasteiger partial charge in [0.05, 0.1) is 6.10 Å². The van der Waals surface area contributed by atoms with Crippen LogP contribution in [-0.4, -0.2) is 23.7 Å². The van der Waals surface area contributed by atoms with Gasteiger partial charge in [-0.1, -0.05) is 154 Å². The van der Waals surface area contributed by atoms with Gasteiger partial charge in [0.1, 0.15) is 0 Å². The highest BCUT2D eigenvalue weighted by molar-refractivity contribution is 5.75. The molecular formula is C32H63NO2. The third-order valence-electron chi connectivity index (χ3n) is 7.10. The van der Waals surface area contributed by atoms with Crippen molar-refractivity contribution in [3.05, 3.63) is 12.2 Å². The van der Waals surface area contributed by atoms with Crippen LogP contribution in [0.1, 0.15) is 174 Å². The highest BCUT2D eigenvalue weighted by atomic mass is 16.3. The predicted molar refractivity (Wildman–Crippen MR) is 155 cm³/mol. The van der Waals surface area contributed by atoms with Crippen molar-refractivity contribution in [3.63, 3.8) is 0 Å². The zero-order valence-corrected chi connectivity index (χ0v) is 24.0. The zero-order chi connectivity index (χ0) is 25.7. The summed E-state index contributed by atoms with van der Waals surface area (Å²) in [5.41, 5.74) is 0. The maximum atomic E-state index is 12.0. The summed E-state index contributed by atoms with van der Waals surface area (Å²) in [6.45, 7) is 5.11. The lowest BCUT2D eigenvalue weighted by Crippen LogP contribution is -2.26. The van der Waals surface area contributed by atoms with Gasteiger partial charge in [-0.15, -0.1) is 0 Å². The highest BCUT2D eigenvalue weighted by Gasteiger charge is 2.03. The fraction of sp³-hybridized carbons (Fsp3) is 0.906. The molecule has 0 aromatic carbocycles. The van der Waals surface area contributed by atoms with Crippen LogP contribution in [0.25, 0.3) is 0 Å². The van der Waals surface area contributed by atoms with Gasteiger partial charge in [0.15, 0.2) is 0 Å². The molecule has 1 amide bonds. The maximum Gasteiger partial charge on any atom is 0.219 e. The number of amides is 1. The second-order valence-corrected chi connectivity index (χ2v) is 10.7. The van der Waals surface area contributed by atoms with Crippen LogP contribution in [0.3, 0.4) is 0 Å². The lowest BCUT2D eigenvalue weighted by atomic mass is 10.1. The second kappa shape index (κ2) is 29.4. The number of rotatable bonds is 28. The van der Waals surface area contributed by atoms with E-state index in [4.69, 9.17) is 0 Å². The molecule has 208 valence electrons. The van der Waals surface area contributed by atoms with Crippen molar-refractivity contribution in [2.75, 3.05) is 6.54 Å². The zero-order valence-electron chi connectivity index (χ0n) is 24.0. The number of aliphatic hydroxyl groups excluding tert-OH is 1. The molecule has 0 saturated heterocycles. The van der Waals surface area contributed by atoms with Crippen molar-refractivity contribution >= 4 is 5.91 Å². The Balaban J connectivity index is 3.35. The standard InChI is InChI=1S/C32H63NO2/c1-3-5-7-9-11-13-15-16-18-19-21-23-25-27-31(34)29-30-33-32(35)28-26-24-22-20-17-14-12-10-8-6-4-2/h25,27,31,34H,3-24,26,28-30H2,1-2H3,(H,33,35). The third-order valence-corrected chi connectivity index (χ3v) is 7.10. The number of nitrogens with one attached hydrogen (secondary N) is 1. The van der Waals surface area contributed by atoms with Gasteiger partial charge >= 0.3 is 0 Å². The molecule has 3 heteroatoms. The van der Waals surface area contributed by atoms with Gasteiger partial charge in [0, 0.05) is 13.0 Å². The van der Waals surface area contributed by atoms with Gasteiger partial charge in [-0.05, 0) is 25.7 Å². The monoisotopic (exact) mass is 493 g/mol. The largest absolute Gasteiger partial charge is 0.389 e. The Labute approximate surface area is 220 Å². The van der Waals surface area contributed by atoms with Crippen molar-refractivity contribution in [3.8, 4) is 0 Å². The molecule has 1 atom stereocenters. The van der Waals surface area contributed by atoms with Crippen LogP contribution in [0, 0.1) is 0 Å². The van der Waals surface area contributed by atoms with Crippen LogP contribution in [0.4, 0.5) is 0 Å². The minimum Gasteiger partial charge on any atom is -0.389 e. The molecule has 2 N–H and O–H groups in total. The van der Waals surface area contributed by atoms with E-state index in [9.17, 15) is 9.90 Å². The molecule has 0 saturated carbocycles. The van der Waals surface area contributed by atoms with E-state index in [-0.39, 0.29) is 5.91 Å². The smallest absolute Gasteiger partial charge is 0.219 e. The summed E-state index contributed by atoms with van der Waals surface area (Å²) >= 11 is 0. The summed E-state index contributed by atoms with van der Waals surface area (Å²) in [5.74, 6) is 0.137. The second-order valence-electron chi connectivity index (χ2n) is 10.7. The molecule has 0 aliphatic heterocycles. The quantitative estimate of drug-likeness (QED) is 0.0841. The molecule has 3 nitrogen and oxygen atoms in total. The fourth-order valence-electron chi connectivity index (χ4n) is 4.67. The molecular weight excluding hydrogens is 430 g/mol. The average molecular weight is 494 g/mol. The van der Waals surface area contributed by atoms with E-state index in [2.05, 4.69) is 25.2 Å². The lowest BCUT2D eigenvalue weighted by Gasteiger charge is -2.08. The highest BCUT2D eigenvalue weighted by Crippen LogP contribution is 2.13. The SMILES string of the molecule is CCCCCCCCCCCCCC=CC(O)CCNC(=O)CCCCCCCCCCCCC. The van der Waals surface area contributed by atoms with Gasteiger partial charge in [0.2, 0.25) is 5.91 Å². The van der Waals surface area contributed by atoms with Gasteiger partial charge in [-0.25, -0.2) is 0 Å². The molecule has 0 aromatic heterocycles. The molecule has 0 aliphatic carbocycles. The summed E-state index contributed by atoms with van der Waals surface area (Å²) in [7, 11) is 0. The van der Waals surface area contributed by atoms with E-state index in [1.165, 1.54) is 128 Å². The average Bonchev–Trinajstić information content (AvgIpc) is 2.85. The molecule has 0 fully saturated rings. The Morgan fingerprint density at radius 1 is 0.629 bits per heavy atom. The first kappa shape index (κ1) is 34.2. The van der Waals surface area contributed by atoms with Crippen LogP contribution in [0.5, 0.6) is 0 Å². The lowest BCUT2D eigenvalue weighted by molar-refractivity contribution is -0.121. The Kier molecular flexibility index (Phi) is 28.7. The maximum absolute atomic E-state index is 12.0. The van der Waals surface area contributed by atoms with Crippen molar-refractivity contribution in [1.82, 2.24) is 5.32 Å². The van der Waals surface area contributed by atoms with E-state index >= 15 is 0 Å². The number of aliphatic hydroxyl groups is 1. The first-order chi connectivity index (χ1) is 17.2. The Morgan fingerprint density at radius 2 is 1.03 bits per heavy atom. The van der Waals surface area contributed by atoms with Crippen molar-refractivity contribution < 1.29 is 9.90 Å². The molecule has 0 spiro atoms. The number of carbonyl (C=O) groups is 1. The van der Waals surface area contributed by atoms with E-state index < -0.39 is 6.10 Å². The number of unbranched alkanes of at least 4 members (excludes halogenated alkanes) is 21. The Bertz CT molecular complexity index is 449. The third kappa shape index (κ3) is 29.3. The van der Waals surface area contributed by atoms with E-state index in [0.29, 0.717) is 19.4 Å². The first-order valence-corrected chi connectivity index (χ1v) is 15.8. The predicted octanol–water partition coefficient (Wildman–Crippen LogP) is 9.81. The summed E-state index contributed by atoms with van der Waals surface area (Å²) in [5, 5.41) is 13.0. The first-order valence-electron chi connectivity index (χ1n) is 15.8. The molecule has 35 heavy (non-hydrogen) atoms. The van der Waals surface area contributed by atoms with Crippen molar-refractivity contribution in [2.24, 2.45) is 0 Å². The Morgan fingerprint density at radius 3 is 1.49 bits per heavy atom. The van der Waals surface area contributed by atoms with E-state index in [0.717, 1.165) is 19.3 Å². The van der Waals surface area contributed by atoms with Gasteiger partial charge in [0.25, 0.3) is 0 Å². The molecule has 0 radical (unpaired) electrons. The summed E-state index contributed by atoms with van der Waals surface area (Å²) < 4.78 is 0. The minimum absolute atomic E-state index is 0.137. The normalized spacial score (nSPS) is 12.4. The van der Waals surface area contributed by atoms with Gasteiger partial charge < -0.3 is 10.4 Å². The van der Waals surface area contributed by atoms with Crippen LogP contribution in [0.2, 0.25) is 0 Å². The molecule has 1 unspecified atom stereocenters. The minimum atomic E-state index is -0.440. The Hall–Kier alpha value is -0.830. The molecule has 0 bridgehead atoms. The molecule has 0 aliphatic rings. The van der Waals surface area contributed by atoms with Gasteiger partial charge in [-0.2, -0.15) is 0 Å². The van der Waals surface area contributed by atoms with Crippen molar-refractivity contribution in [1.29, 1.82) is 0 Å². The number of hydrogen-bond acceptors (Lipinski definition) is 2. The number of hydrogen-bond donors (Lipinski definition) is 2. The van der Waals surface area contributed by atoms with Crippen LogP contribution < -0.4 is 5.32 Å². The molecule has 0 aromatic rings. The summed E-state index contributed by atoms with van der Waals surface area (Å²) in [6, 6.07) is 0. The molecule has 0 heterocycles. The molecule has 0 rings (SSSR count).